The van der Waals surface area contributed by atoms with Crippen LogP contribution in [0.2, 0.25) is 0 Å². The van der Waals surface area contributed by atoms with Gasteiger partial charge < -0.3 is 9.84 Å². The van der Waals surface area contributed by atoms with E-state index in [1.165, 1.54) is 47.2 Å². The highest BCUT2D eigenvalue weighted by atomic mass is 32.2. The van der Waals surface area contributed by atoms with E-state index in [1.54, 1.807) is 31.2 Å². The molecular formula is C32H24FN3O4S2. The van der Waals surface area contributed by atoms with Crippen molar-refractivity contribution in [2.75, 3.05) is 12.0 Å². The third-order valence-corrected chi connectivity index (χ3v) is 9.24. The van der Waals surface area contributed by atoms with Crippen LogP contribution in [0.15, 0.2) is 94.8 Å². The number of anilines is 1. The van der Waals surface area contributed by atoms with Gasteiger partial charge in [-0.1, -0.05) is 89.8 Å². The van der Waals surface area contributed by atoms with Crippen molar-refractivity contribution in [1.82, 2.24) is 10.2 Å². The highest BCUT2D eigenvalue weighted by Crippen LogP contribution is 2.44. The van der Waals surface area contributed by atoms with Crippen molar-refractivity contribution in [3.05, 3.63) is 119 Å². The van der Waals surface area contributed by atoms with E-state index >= 15 is 0 Å². The number of aliphatic hydroxyl groups is 1. The molecule has 1 atom stereocenters. The van der Waals surface area contributed by atoms with Gasteiger partial charge in [-0.3, -0.25) is 14.5 Å². The van der Waals surface area contributed by atoms with Gasteiger partial charge in [-0.2, -0.15) is 0 Å². The number of fused-ring (bicyclic) bond motifs is 1. The number of carbonyl (C=O) groups excluding carboxylic acids is 2. The third-order valence-electron chi connectivity index (χ3n) is 7.13. The zero-order valence-corrected chi connectivity index (χ0v) is 24.2. The molecule has 0 saturated carbocycles. The molecule has 1 unspecified atom stereocenters. The molecule has 1 aliphatic rings. The number of aliphatic hydroxyl groups excluding tert-OH is 1. The number of rotatable bonds is 7. The second kappa shape index (κ2) is 11.4. The number of hydrogen-bond acceptors (Lipinski definition) is 8. The number of Topliss-reactive ketones (excluding diaryl/α,β-unsaturated/α-hetero) is 1. The molecule has 7 nitrogen and oxygen atoms in total. The number of aryl methyl sites for hydroxylation is 1. The summed E-state index contributed by atoms with van der Waals surface area (Å²) in [5.74, 6) is -1.64. The lowest BCUT2D eigenvalue weighted by Gasteiger charge is -2.23. The minimum atomic E-state index is -1.03. The molecule has 6 rings (SSSR count). The summed E-state index contributed by atoms with van der Waals surface area (Å²) < 4.78 is 20.4. The molecule has 1 fully saturated rings. The maximum atomic E-state index is 14.4. The van der Waals surface area contributed by atoms with Gasteiger partial charge in [0.2, 0.25) is 5.13 Å². The number of halogens is 1. The highest BCUT2D eigenvalue weighted by molar-refractivity contribution is 8.00. The van der Waals surface area contributed by atoms with E-state index in [9.17, 15) is 19.1 Å². The van der Waals surface area contributed by atoms with Gasteiger partial charge in [-0.25, -0.2) is 4.39 Å². The lowest BCUT2D eigenvalue weighted by atomic mass is 9.95. The van der Waals surface area contributed by atoms with Crippen LogP contribution in [0, 0.1) is 12.7 Å². The van der Waals surface area contributed by atoms with Crippen molar-refractivity contribution in [1.29, 1.82) is 0 Å². The van der Waals surface area contributed by atoms with Crippen LogP contribution in [0.3, 0.4) is 0 Å². The molecule has 1 aliphatic heterocycles. The minimum Gasteiger partial charge on any atom is -0.507 e. The van der Waals surface area contributed by atoms with E-state index < -0.39 is 29.3 Å². The Kier molecular flexibility index (Phi) is 7.49. The first-order valence-electron chi connectivity index (χ1n) is 13.0. The van der Waals surface area contributed by atoms with E-state index in [4.69, 9.17) is 4.74 Å². The van der Waals surface area contributed by atoms with Gasteiger partial charge in [-0.05, 0) is 52.6 Å². The average molecular weight is 598 g/mol. The molecule has 5 aromatic rings. The normalized spacial score (nSPS) is 16.4. The lowest BCUT2D eigenvalue weighted by molar-refractivity contribution is -0.132. The van der Waals surface area contributed by atoms with Crippen molar-refractivity contribution in [2.24, 2.45) is 0 Å². The average Bonchev–Trinajstić information content (AvgIpc) is 3.58. The van der Waals surface area contributed by atoms with E-state index in [0.29, 0.717) is 27.0 Å². The van der Waals surface area contributed by atoms with E-state index in [2.05, 4.69) is 34.5 Å². The van der Waals surface area contributed by atoms with Gasteiger partial charge in [0.15, 0.2) is 4.34 Å². The number of ether oxygens (including phenoxy) is 1. The Morgan fingerprint density at radius 3 is 2.62 bits per heavy atom. The fourth-order valence-corrected chi connectivity index (χ4v) is 6.84. The molecule has 0 spiro atoms. The van der Waals surface area contributed by atoms with Crippen LogP contribution in [-0.4, -0.2) is 34.1 Å². The molecule has 0 radical (unpaired) electrons. The minimum absolute atomic E-state index is 0.0904. The van der Waals surface area contributed by atoms with Crippen LogP contribution in [0.4, 0.5) is 9.52 Å². The quantitative estimate of drug-likeness (QED) is 0.0706. The van der Waals surface area contributed by atoms with E-state index in [0.717, 1.165) is 22.4 Å². The molecule has 1 amide bonds. The van der Waals surface area contributed by atoms with Gasteiger partial charge in [0.1, 0.15) is 17.3 Å². The zero-order chi connectivity index (χ0) is 29.4. The summed E-state index contributed by atoms with van der Waals surface area (Å²) in [5.41, 5.74) is 1.96. The predicted molar refractivity (Wildman–Crippen MR) is 162 cm³/mol. The van der Waals surface area contributed by atoms with Crippen molar-refractivity contribution in [3.8, 4) is 5.75 Å². The monoisotopic (exact) mass is 597 g/mol. The number of nitrogens with zero attached hydrogens (tertiary/aromatic N) is 3. The number of benzene rings is 4. The molecular weight excluding hydrogens is 574 g/mol. The van der Waals surface area contributed by atoms with Gasteiger partial charge in [-0.15, -0.1) is 10.2 Å². The van der Waals surface area contributed by atoms with Crippen molar-refractivity contribution >= 4 is 56.5 Å². The van der Waals surface area contributed by atoms with Gasteiger partial charge in [0.05, 0.1) is 18.7 Å². The lowest BCUT2D eigenvalue weighted by Crippen LogP contribution is -2.29. The van der Waals surface area contributed by atoms with Gasteiger partial charge in [0, 0.05) is 11.3 Å². The van der Waals surface area contributed by atoms with Crippen LogP contribution >= 0.6 is 23.1 Å². The number of aromatic nitrogens is 2. The summed E-state index contributed by atoms with van der Waals surface area (Å²) in [4.78, 5) is 28.2. The number of hydrogen-bond donors (Lipinski definition) is 1. The third kappa shape index (κ3) is 5.03. The zero-order valence-electron chi connectivity index (χ0n) is 22.6. The fourth-order valence-electron chi connectivity index (χ4n) is 4.97. The number of thioether (sulfide) groups is 1. The van der Waals surface area contributed by atoms with Crippen molar-refractivity contribution in [2.45, 2.75) is 23.1 Å². The molecule has 4 aromatic carbocycles. The standard InChI is InChI=1S/C32H24FN3O4S2/c1-18-13-14-21(16-25(18)33)28(37)26-27(20-9-6-11-23(15-20)40-2)36(30(39)29(26)38)31-34-35-32(42-31)41-17-22-10-5-8-19-7-3-4-12-24(19)22/h3-16,27,37H,17H2,1-2H3. The maximum Gasteiger partial charge on any atom is 0.301 e. The van der Waals surface area contributed by atoms with Crippen LogP contribution in [0.5, 0.6) is 5.75 Å². The summed E-state index contributed by atoms with van der Waals surface area (Å²) in [6, 6.07) is 24.3. The molecule has 1 N–H and O–H groups in total. The molecule has 1 saturated heterocycles. The topological polar surface area (TPSA) is 92.6 Å². The first-order chi connectivity index (χ1) is 20.4. The summed E-state index contributed by atoms with van der Waals surface area (Å²) >= 11 is 2.66. The summed E-state index contributed by atoms with van der Waals surface area (Å²) in [7, 11) is 1.51. The predicted octanol–water partition coefficient (Wildman–Crippen LogP) is 7.07. The largest absolute Gasteiger partial charge is 0.507 e. The molecule has 0 bridgehead atoms. The first-order valence-corrected chi connectivity index (χ1v) is 14.8. The Balaban J connectivity index is 1.39. The maximum absolute atomic E-state index is 14.4. The molecule has 2 heterocycles. The number of methoxy groups -OCH3 is 1. The Morgan fingerprint density at radius 1 is 1.02 bits per heavy atom. The molecule has 1 aromatic heterocycles. The number of amides is 1. The van der Waals surface area contributed by atoms with Crippen LogP contribution in [-0.2, 0) is 15.3 Å². The van der Waals surface area contributed by atoms with Crippen LogP contribution < -0.4 is 9.64 Å². The fraction of sp³-hybridized carbons (Fsp3) is 0.125. The summed E-state index contributed by atoms with van der Waals surface area (Å²) in [5, 5.41) is 22.4. The first kappa shape index (κ1) is 27.6. The van der Waals surface area contributed by atoms with Gasteiger partial charge in [0.25, 0.3) is 5.78 Å². The Labute approximate surface area is 249 Å². The number of ketones is 1. The Morgan fingerprint density at radius 2 is 1.81 bits per heavy atom. The van der Waals surface area contributed by atoms with Crippen molar-refractivity contribution < 1.29 is 23.8 Å². The second-order valence-electron chi connectivity index (χ2n) is 9.69. The van der Waals surface area contributed by atoms with Gasteiger partial charge >= 0.3 is 5.91 Å². The van der Waals surface area contributed by atoms with Crippen LogP contribution in [0.1, 0.15) is 28.3 Å². The Bertz CT molecular complexity index is 1880. The molecule has 42 heavy (non-hydrogen) atoms. The summed E-state index contributed by atoms with van der Waals surface area (Å²) in [6.07, 6.45) is 0. The Hall–Kier alpha value is -4.54. The molecule has 0 aliphatic carbocycles. The van der Waals surface area contributed by atoms with E-state index in [1.807, 2.05) is 18.2 Å². The van der Waals surface area contributed by atoms with E-state index in [-0.39, 0.29) is 16.3 Å². The van der Waals surface area contributed by atoms with Crippen molar-refractivity contribution in [3.63, 3.8) is 0 Å². The van der Waals surface area contributed by atoms with Crippen LogP contribution in [0.25, 0.3) is 16.5 Å². The highest BCUT2D eigenvalue weighted by Gasteiger charge is 2.48. The molecule has 10 heteroatoms. The number of carbonyl (C=O) groups is 2. The summed E-state index contributed by atoms with van der Waals surface area (Å²) in [6.45, 7) is 1.60. The second-order valence-corrected chi connectivity index (χ2v) is 11.9. The SMILES string of the molecule is COc1cccc(C2C(=C(O)c3ccc(C)c(F)c3)C(=O)C(=O)N2c2nnc(SCc3cccc4ccccc34)s2)c1. The smallest absolute Gasteiger partial charge is 0.301 e. The molecule has 210 valence electrons.